The lowest BCUT2D eigenvalue weighted by molar-refractivity contribution is -0.385. The first-order valence-corrected chi connectivity index (χ1v) is 5.33. The summed E-state index contributed by atoms with van der Waals surface area (Å²) in [5.41, 5.74) is 5.50. The lowest BCUT2D eigenvalue weighted by Gasteiger charge is -2.11. The highest BCUT2D eigenvalue weighted by atomic mass is 16.6. The van der Waals surface area contributed by atoms with E-state index in [0.29, 0.717) is 6.54 Å². The van der Waals surface area contributed by atoms with Gasteiger partial charge < -0.3 is 15.8 Å². The summed E-state index contributed by atoms with van der Waals surface area (Å²) in [4.78, 5) is 21.9. The van der Waals surface area contributed by atoms with Gasteiger partial charge in [-0.05, 0) is 13.0 Å². The van der Waals surface area contributed by atoms with E-state index in [1.807, 2.05) is 0 Å². The maximum Gasteiger partial charge on any atom is 0.310 e. The number of amides is 1. The van der Waals surface area contributed by atoms with Gasteiger partial charge in [0.15, 0.2) is 5.75 Å². The zero-order valence-corrected chi connectivity index (χ0v) is 10.2. The van der Waals surface area contributed by atoms with Crippen LogP contribution >= 0.6 is 0 Å². The fourth-order valence-electron chi connectivity index (χ4n) is 1.34. The van der Waals surface area contributed by atoms with E-state index in [9.17, 15) is 14.9 Å². The standard InChI is InChI=1S/C11H15N3O4/c1-7(6-12)13-11(15)8-3-4-9(14(16)17)10(5-8)18-2/h3-5,7H,6,12H2,1-2H3,(H,13,15)/t7-/m1/s1. The summed E-state index contributed by atoms with van der Waals surface area (Å²) in [7, 11) is 1.31. The van der Waals surface area contributed by atoms with Crippen molar-refractivity contribution in [1.82, 2.24) is 5.32 Å². The van der Waals surface area contributed by atoms with Gasteiger partial charge in [-0.25, -0.2) is 0 Å². The van der Waals surface area contributed by atoms with Gasteiger partial charge in [0.25, 0.3) is 5.91 Å². The van der Waals surface area contributed by atoms with Crippen molar-refractivity contribution in [3.05, 3.63) is 33.9 Å². The van der Waals surface area contributed by atoms with Gasteiger partial charge in [0.1, 0.15) is 0 Å². The van der Waals surface area contributed by atoms with Crippen LogP contribution in [0.3, 0.4) is 0 Å². The Morgan fingerprint density at radius 2 is 2.28 bits per heavy atom. The number of hydrogen-bond donors (Lipinski definition) is 2. The number of nitro groups is 1. The van der Waals surface area contributed by atoms with E-state index in [0.717, 1.165) is 0 Å². The number of carbonyl (C=O) groups excluding carboxylic acids is 1. The molecule has 0 spiro atoms. The summed E-state index contributed by atoms with van der Waals surface area (Å²) >= 11 is 0. The Labute approximate surface area is 104 Å². The summed E-state index contributed by atoms with van der Waals surface area (Å²) in [6.07, 6.45) is 0. The summed E-state index contributed by atoms with van der Waals surface area (Å²) in [6.45, 7) is 2.08. The van der Waals surface area contributed by atoms with Crippen molar-refractivity contribution in [3.8, 4) is 5.75 Å². The molecule has 0 unspecified atom stereocenters. The largest absolute Gasteiger partial charge is 0.490 e. The Hall–Kier alpha value is -2.15. The predicted molar refractivity (Wildman–Crippen MR) is 65.6 cm³/mol. The molecule has 1 atom stereocenters. The minimum Gasteiger partial charge on any atom is -0.490 e. The van der Waals surface area contributed by atoms with Crippen LogP contribution in [0, 0.1) is 10.1 Å². The molecular formula is C11H15N3O4. The van der Waals surface area contributed by atoms with Crippen LogP contribution in [0.25, 0.3) is 0 Å². The van der Waals surface area contributed by atoms with Crippen LogP contribution in [0.5, 0.6) is 5.75 Å². The fourth-order valence-corrected chi connectivity index (χ4v) is 1.34. The number of carbonyl (C=O) groups is 1. The van der Waals surface area contributed by atoms with Gasteiger partial charge in [-0.2, -0.15) is 0 Å². The summed E-state index contributed by atoms with van der Waals surface area (Å²) in [5, 5.41) is 13.4. The van der Waals surface area contributed by atoms with Crippen molar-refractivity contribution >= 4 is 11.6 Å². The van der Waals surface area contributed by atoms with Crippen LogP contribution in [-0.4, -0.2) is 30.5 Å². The highest BCUT2D eigenvalue weighted by Gasteiger charge is 2.17. The van der Waals surface area contributed by atoms with Gasteiger partial charge in [-0.15, -0.1) is 0 Å². The van der Waals surface area contributed by atoms with Crippen LogP contribution in [-0.2, 0) is 0 Å². The van der Waals surface area contributed by atoms with Crippen molar-refractivity contribution in [1.29, 1.82) is 0 Å². The van der Waals surface area contributed by atoms with E-state index in [1.165, 1.54) is 25.3 Å². The molecule has 1 aromatic rings. The second-order valence-corrected chi connectivity index (χ2v) is 3.75. The zero-order valence-electron chi connectivity index (χ0n) is 10.2. The van der Waals surface area contributed by atoms with E-state index in [1.54, 1.807) is 6.92 Å². The minimum absolute atomic E-state index is 0.0491. The molecule has 0 aliphatic carbocycles. The van der Waals surface area contributed by atoms with E-state index < -0.39 is 4.92 Å². The predicted octanol–water partition coefficient (Wildman–Crippen LogP) is 0.680. The van der Waals surface area contributed by atoms with E-state index in [-0.39, 0.29) is 28.9 Å². The SMILES string of the molecule is COc1cc(C(=O)N[C@H](C)CN)ccc1[N+](=O)[O-]. The summed E-state index contributed by atoms with van der Waals surface area (Å²) < 4.78 is 4.88. The Kier molecular flexibility index (Phi) is 4.61. The number of rotatable bonds is 5. The van der Waals surface area contributed by atoms with E-state index >= 15 is 0 Å². The van der Waals surface area contributed by atoms with Crippen molar-refractivity contribution in [2.24, 2.45) is 5.73 Å². The molecule has 0 fully saturated rings. The highest BCUT2D eigenvalue weighted by molar-refractivity contribution is 5.95. The Morgan fingerprint density at radius 3 is 2.78 bits per heavy atom. The van der Waals surface area contributed by atoms with Gasteiger partial charge in [0.2, 0.25) is 0 Å². The molecule has 0 radical (unpaired) electrons. The number of benzene rings is 1. The van der Waals surface area contributed by atoms with Crippen molar-refractivity contribution < 1.29 is 14.5 Å². The van der Waals surface area contributed by atoms with Gasteiger partial charge in [-0.3, -0.25) is 14.9 Å². The smallest absolute Gasteiger partial charge is 0.310 e. The average Bonchev–Trinajstić information content (AvgIpc) is 2.37. The topological polar surface area (TPSA) is 107 Å². The number of nitrogens with two attached hydrogens (primary N) is 1. The van der Waals surface area contributed by atoms with Crippen LogP contribution < -0.4 is 15.8 Å². The van der Waals surface area contributed by atoms with Gasteiger partial charge in [-0.1, -0.05) is 0 Å². The van der Waals surface area contributed by atoms with Crippen LogP contribution in [0.1, 0.15) is 17.3 Å². The lowest BCUT2D eigenvalue weighted by Crippen LogP contribution is -2.37. The second-order valence-electron chi connectivity index (χ2n) is 3.75. The van der Waals surface area contributed by atoms with Crippen molar-refractivity contribution in [3.63, 3.8) is 0 Å². The molecule has 1 aromatic carbocycles. The number of methoxy groups -OCH3 is 1. The first-order valence-electron chi connectivity index (χ1n) is 5.33. The van der Waals surface area contributed by atoms with E-state index in [2.05, 4.69) is 5.32 Å². The molecule has 0 heterocycles. The molecule has 7 nitrogen and oxygen atoms in total. The quantitative estimate of drug-likeness (QED) is 0.592. The Balaban J connectivity index is 2.98. The molecule has 0 aliphatic rings. The molecule has 0 saturated heterocycles. The lowest BCUT2D eigenvalue weighted by atomic mass is 10.1. The maximum atomic E-state index is 11.8. The number of hydrogen-bond acceptors (Lipinski definition) is 5. The molecule has 18 heavy (non-hydrogen) atoms. The number of nitrogens with one attached hydrogen (secondary N) is 1. The second kappa shape index (κ2) is 5.97. The molecular weight excluding hydrogens is 238 g/mol. The van der Waals surface area contributed by atoms with Crippen LogP contribution in [0.4, 0.5) is 5.69 Å². The fraction of sp³-hybridized carbons (Fsp3) is 0.364. The van der Waals surface area contributed by atoms with Gasteiger partial charge in [0.05, 0.1) is 12.0 Å². The number of ether oxygens (including phenoxy) is 1. The Morgan fingerprint density at radius 1 is 1.61 bits per heavy atom. The molecule has 0 saturated carbocycles. The summed E-state index contributed by atoms with van der Waals surface area (Å²) in [6, 6.07) is 3.77. The molecule has 0 bridgehead atoms. The van der Waals surface area contributed by atoms with Crippen molar-refractivity contribution in [2.75, 3.05) is 13.7 Å². The van der Waals surface area contributed by atoms with Gasteiger partial charge >= 0.3 is 5.69 Å². The Bertz CT molecular complexity index is 462. The van der Waals surface area contributed by atoms with E-state index in [4.69, 9.17) is 10.5 Å². The highest BCUT2D eigenvalue weighted by Crippen LogP contribution is 2.27. The third kappa shape index (κ3) is 3.17. The molecule has 1 rings (SSSR count). The first kappa shape index (κ1) is 13.9. The third-order valence-electron chi connectivity index (χ3n) is 2.37. The molecule has 1 amide bonds. The minimum atomic E-state index is -0.566. The third-order valence-corrected chi connectivity index (χ3v) is 2.37. The van der Waals surface area contributed by atoms with Crippen LogP contribution in [0.2, 0.25) is 0 Å². The molecule has 0 aliphatic heterocycles. The van der Waals surface area contributed by atoms with Crippen molar-refractivity contribution in [2.45, 2.75) is 13.0 Å². The molecule has 7 heteroatoms. The van der Waals surface area contributed by atoms with Gasteiger partial charge in [0, 0.05) is 30.3 Å². The molecule has 0 aromatic heterocycles. The van der Waals surface area contributed by atoms with Crippen LogP contribution in [0.15, 0.2) is 18.2 Å². The monoisotopic (exact) mass is 253 g/mol. The normalized spacial score (nSPS) is 11.7. The average molecular weight is 253 g/mol. The maximum absolute atomic E-state index is 11.8. The molecule has 3 N–H and O–H groups in total. The number of nitrogens with zero attached hydrogens (tertiary/aromatic N) is 1. The zero-order chi connectivity index (χ0) is 13.7. The first-order chi connectivity index (χ1) is 8.49. The molecule has 98 valence electrons. The number of nitro benzene ring substituents is 1. The summed E-state index contributed by atoms with van der Waals surface area (Å²) in [5.74, 6) is -0.297.